The lowest BCUT2D eigenvalue weighted by Gasteiger charge is -2.29. The summed E-state index contributed by atoms with van der Waals surface area (Å²) >= 11 is 1.33. The van der Waals surface area contributed by atoms with E-state index in [1.54, 1.807) is 11.1 Å². The Morgan fingerprint density at radius 1 is 1.03 bits per heavy atom. The average molecular weight is 529 g/mol. The van der Waals surface area contributed by atoms with E-state index in [2.05, 4.69) is 15.6 Å². The first-order valence-electron chi connectivity index (χ1n) is 12.3. The fraction of sp³-hybridized carbons (Fsp3) is 0.481. The highest BCUT2D eigenvalue weighted by molar-refractivity contribution is 7.14. The third-order valence-electron chi connectivity index (χ3n) is 5.16. The van der Waals surface area contributed by atoms with E-state index in [1.165, 1.54) is 11.3 Å². The minimum absolute atomic E-state index is 0.227. The number of amides is 3. The Bertz CT molecular complexity index is 1140. The monoisotopic (exact) mass is 528 g/mol. The molecule has 37 heavy (non-hydrogen) atoms. The van der Waals surface area contributed by atoms with Gasteiger partial charge in [-0.25, -0.2) is 14.6 Å². The Kier molecular flexibility index (Phi) is 8.96. The zero-order valence-corrected chi connectivity index (χ0v) is 23.2. The highest BCUT2D eigenvalue weighted by Gasteiger charge is 2.25. The predicted octanol–water partition coefficient (Wildman–Crippen LogP) is 5.49. The largest absolute Gasteiger partial charge is 0.444 e. The maximum Gasteiger partial charge on any atom is 0.410 e. The van der Waals surface area contributed by atoms with Crippen LogP contribution >= 0.6 is 11.3 Å². The van der Waals surface area contributed by atoms with Gasteiger partial charge in [0.2, 0.25) is 0 Å². The molecule has 0 saturated heterocycles. The molecule has 2 N–H and O–H groups in total. The van der Waals surface area contributed by atoms with Crippen molar-refractivity contribution in [1.82, 2.24) is 15.2 Å². The molecule has 0 atom stereocenters. The van der Waals surface area contributed by atoms with Crippen LogP contribution < -0.4 is 10.6 Å². The van der Waals surface area contributed by atoms with Crippen molar-refractivity contribution in [3.8, 4) is 0 Å². The molecule has 0 radical (unpaired) electrons. The van der Waals surface area contributed by atoms with Crippen LogP contribution in [0.2, 0.25) is 0 Å². The van der Waals surface area contributed by atoms with Crippen LogP contribution in [0.25, 0.3) is 5.57 Å². The number of rotatable bonds is 6. The van der Waals surface area contributed by atoms with E-state index in [4.69, 9.17) is 9.47 Å². The fourth-order valence-electron chi connectivity index (χ4n) is 3.45. The second-order valence-electron chi connectivity index (χ2n) is 10.8. The molecule has 1 aliphatic rings. The molecule has 3 rings (SSSR count). The summed E-state index contributed by atoms with van der Waals surface area (Å²) in [7, 11) is 0. The summed E-state index contributed by atoms with van der Waals surface area (Å²) < 4.78 is 10.7. The summed E-state index contributed by atoms with van der Waals surface area (Å²) in [4.78, 5) is 43.3. The number of thiazole rings is 1. The Morgan fingerprint density at radius 3 is 2.30 bits per heavy atom. The highest BCUT2D eigenvalue weighted by Crippen LogP contribution is 2.27. The van der Waals surface area contributed by atoms with Crippen LogP contribution in [0, 0.1) is 0 Å². The smallest absolute Gasteiger partial charge is 0.410 e. The van der Waals surface area contributed by atoms with Gasteiger partial charge in [0.15, 0.2) is 0 Å². The van der Waals surface area contributed by atoms with Gasteiger partial charge in [-0.3, -0.25) is 4.79 Å². The van der Waals surface area contributed by atoms with Crippen LogP contribution in [0.4, 0.5) is 15.3 Å². The molecule has 0 fully saturated rings. The van der Waals surface area contributed by atoms with Crippen LogP contribution in [0.5, 0.6) is 0 Å². The molecule has 3 amide bonds. The first-order valence-corrected chi connectivity index (χ1v) is 13.1. The fourth-order valence-corrected chi connectivity index (χ4v) is 4.33. The first-order chi connectivity index (χ1) is 17.3. The van der Waals surface area contributed by atoms with E-state index in [1.807, 2.05) is 71.9 Å². The Labute approximate surface area is 222 Å². The quantitative estimate of drug-likeness (QED) is 0.513. The Balaban J connectivity index is 1.49. The van der Waals surface area contributed by atoms with Crippen molar-refractivity contribution in [2.75, 3.05) is 25.0 Å². The number of aromatic nitrogens is 1. The van der Waals surface area contributed by atoms with Crippen LogP contribution in [0.1, 0.15) is 68.2 Å². The average Bonchev–Trinajstić information content (AvgIpc) is 3.29. The van der Waals surface area contributed by atoms with E-state index in [9.17, 15) is 14.4 Å². The van der Waals surface area contributed by atoms with Gasteiger partial charge in [-0.1, -0.05) is 18.2 Å². The van der Waals surface area contributed by atoms with E-state index < -0.39 is 17.3 Å². The number of carbonyl (C=O) groups is 3. The van der Waals surface area contributed by atoms with Gasteiger partial charge in [-0.05, 0) is 77.7 Å². The second-order valence-corrected chi connectivity index (χ2v) is 11.8. The summed E-state index contributed by atoms with van der Waals surface area (Å²) in [5, 5.41) is 6.41. The van der Waals surface area contributed by atoms with Gasteiger partial charge >= 0.3 is 12.2 Å². The molecule has 200 valence electrons. The molecule has 0 spiro atoms. The lowest BCUT2D eigenvalue weighted by Crippen LogP contribution is -2.39. The number of nitrogens with one attached hydrogen (secondary N) is 2. The lowest BCUT2D eigenvalue weighted by atomic mass is 10.1. The molecule has 0 saturated carbocycles. The van der Waals surface area contributed by atoms with Gasteiger partial charge < -0.3 is 25.0 Å². The summed E-state index contributed by atoms with van der Waals surface area (Å²) in [6.07, 6.45) is 4.07. The van der Waals surface area contributed by atoms with Gasteiger partial charge in [-0.2, -0.15) is 0 Å². The van der Waals surface area contributed by atoms with Crippen molar-refractivity contribution >= 4 is 40.7 Å². The first kappa shape index (κ1) is 28.2. The van der Waals surface area contributed by atoms with Crippen molar-refractivity contribution in [3.05, 3.63) is 52.0 Å². The molecule has 2 heterocycles. The summed E-state index contributed by atoms with van der Waals surface area (Å²) in [5.74, 6) is -0.227. The van der Waals surface area contributed by atoms with Crippen LogP contribution in [0.15, 0.2) is 36.5 Å². The molecule has 1 aromatic carbocycles. The van der Waals surface area contributed by atoms with E-state index in [0.29, 0.717) is 43.0 Å². The molecule has 0 aliphatic carbocycles. The van der Waals surface area contributed by atoms with E-state index >= 15 is 0 Å². The van der Waals surface area contributed by atoms with E-state index in [-0.39, 0.29) is 12.0 Å². The molecule has 0 unspecified atom stereocenters. The molecule has 1 aliphatic heterocycles. The third-order valence-corrected chi connectivity index (χ3v) is 6.23. The number of ether oxygens (including phenoxy) is 2. The van der Waals surface area contributed by atoms with E-state index in [0.717, 1.165) is 16.1 Å². The number of hydrogen-bond acceptors (Lipinski definition) is 7. The van der Waals surface area contributed by atoms with Crippen molar-refractivity contribution < 1.29 is 23.9 Å². The van der Waals surface area contributed by atoms with Gasteiger partial charge in [0.05, 0.1) is 6.20 Å². The minimum atomic E-state index is -0.530. The summed E-state index contributed by atoms with van der Waals surface area (Å²) in [6.45, 7) is 12.4. The maximum absolute atomic E-state index is 12.7. The number of anilines is 1. The SMILES string of the molecule is CC(C)(C)OC(=O)NCCc1ccc(NC(=O)c2cnc(C3=CCN(C(=O)OC(C)(C)C)CC3)s2)cc1. The molecular formula is C27H36N4O5S. The molecule has 1 aromatic heterocycles. The normalized spacial score (nSPS) is 14.0. The second kappa shape index (κ2) is 11.8. The zero-order valence-electron chi connectivity index (χ0n) is 22.3. The van der Waals surface area contributed by atoms with Gasteiger partial charge in [0.25, 0.3) is 5.91 Å². The molecule has 9 nitrogen and oxygen atoms in total. The predicted molar refractivity (Wildman–Crippen MR) is 145 cm³/mol. The van der Waals surface area contributed by atoms with Crippen LogP contribution in [-0.2, 0) is 15.9 Å². The number of carbonyl (C=O) groups excluding carboxylic acids is 3. The summed E-state index contributed by atoms with van der Waals surface area (Å²) in [5.41, 5.74) is 1.66. The number of hydrogen-bond donors (Lipinski definition) is 2. The van der Waals surface area contributed by atoms with Gasteiger partial charge in [-0.15, -0.1) is 11.3 Å². The zero-order chi connectivity index (χ0) is 27.2. The molecule has 2 aromatic rings. The van der Waals surface area contributed by atoms with Crippen molar-refractivity contribution in [2.24, 2.45) is 0 Å². The van der Waals surface area contributed by atoms with Crippen molar-refractivity contribution in [1.29, 1.82) is 0 Å². The number of nitrogens with zero attached hydrogens (tertiary/aromatic N) is 2. The number of benzene rings is 1. The van der Waals surface area contributed by atoms with Crippen LogP contribution in [0.3, 0.4) is 0 Å². The molecule has 10 heteroatoms. The Morgan fingerprint density at radius 2 is 1.70 bits per heavy atom. The standard InChI is InChI=1S/C27H36N4O5S/c1-26(2,3)35-24(33)28-14-11-18-7-9-20(10-8-18)30-22(32)21-17-29-23(37-21)19-12-15-31(16-13-19)25(34)36-27(4,5)6/h7-10,12,17H,11,13-16H2,1-6H3,(H,28,33)(H,30,32). The van der Waals surface area contributed by atoms with Gasteiger partial charge in [0.1, 0.15) is 21.1 Å². The highest BCUT2D eigenvalue weighted by atomic mass is 32.1. The third kappa shape index (κ3) is 9.20. The molecular weight excluding hydrogens is 492 g/mol. The maximum atomic E-state index is 12.7. The summed E-state index contributed by atoms with van der Waals surface area (Å²) in [6, 6.07) is 7.48. The lowest BCUT2D eigenvalue weighted by molar-refractivity contribution is 0.0270. The minimum Gasteiger partial charge on any atom is -0.444 e. The Hall–Kier alpha value is -3.40. The topological polar surface area (TPSA) is 110 Å². The number of alkyl carbamates (subject to hydrolysis) is 1. The van der Waals surface area contributed by atoms with Gasteiger partial charge in [0, 0.05) is 25.3 Å². The van der Waals surface area contributed by atoms with Crippen LogP contribution in [-0.4, -0.2) is 58.8 Å². The van der Waals surface area contributed by atoms with Crippen molar-refractivity contribution in [2.45, 2.75) is 65.6 Å². The van der Waals surface area contributed by atoms with Crippen molar-refractivity contribution in [3.63, 3.8) is 0 Å². The molecule has 0 bridgehead atoms.